The van der Waals surface area contributed by atoms with Crippen LogP contribution in [0.15, 0.2) is 75.7 Å². The highest BCUT2D eigenvalue weighted by Crippen LogP contribution is 2.23. The van der Waals surface area contributed by atoms with Crippen LogP contribution in [0.25, 0.3) is 0 Å². The quantitative estimate of drug-likeness (QED) is 0.137. The van der Waals surface area contributed by atoms with E-state index >= 15 is 0 Å². The number of hydrogen-bond donors (Lipinski definition) is 3. The monoisotopic (exact) mass is 721 g/mol. The van der Waals surface area contributed by atoms with Gasteiger partial charge in [-0.1, -0.05) is 50.1 Å². The van der Waals surface area contributed by atoms with Crippen LogP contribution in [0.3, 0.4) is 0 Å². The number of halogens is 2. The lowest BCUT2D eigenvalue weighted by atomic mass is 10.1. The molecule has 0 atom stereocenters. The normalized spacial score (nSPS) is 10.0. The molecule has 10 nitrogen and oxygen atoms in total. The van der Waals surface area contributed by atoms with Crippen LogP contribution in [0.5, 0.6) is 0 Å². The molecule has 3 aromatic carbocycles. The predicted molar refractivity (Wildman–Crippen MR) is 174 cm³/mol. The van der Waals surface area contributed by atoms with Crippen LogP contribution in [0.4, 0.5) is 16.2 Å². The van der Waals surface area contributed by atoms with E-state index in [1.54, 1.807) is 74.5 Å². The summed E-state index contributed by atoms with van der Waals surface area (Å²) in [6, 6.07) is 18.9. The molecule has 0 heterocycles. The molecule has 12 heteroatoms. The van der Waals surface area contributed by atoms with Crippen molar-refractivity contribution in [2.45, 2.75) is 40.2 Å². The zero-order valence-corrected chi connectivity index (χ0v) is 28.1. The standard InChI is InChI=1S/C16H14BrNO3.C9H10BrNO2.C6H13NO2/c1-2-21-16(20)13-10-12(17)8-9-14(13)18-15(19)11-6-4-3-5-7-11;1-2-13-9(12)7-5-6(10)3-4-8(7)11;1-6(2,3)9-5(8)7-4/h3-10H,2H2,1H3,(H,18,19);3-5H,2,11H2,1H3;1-4H3,(H,7,8). The molecular weight excluding hydrogens is 686 g/mol. The fraction of sp³-hybridized carbons (Fsp3) is 0.290. The highest BCUT2D eigenvalue weighted by atomic mass is 79.9. The molecule has 0 fully saturated rings. The number of esters is 2. The largest absolute Gasteiger partial charge is 0.462 e. The van der Waals surface area contributed by atoms with Crippen LogP contribution < -0.4 is 16.4 Å². The lowest BCUT2D eigenvalue weighted by Crippen LogP contribution is -2.30. The van der Waals surface area contributed by atoms with Crippen molar-refractivity contribution in [1.82, 2.24) is 5.32 Å². The molecule has 0 radical (unpaired) electrons. The number of ether oxygens (including phenoxy) is 3. The van der Waals surface area contributed by atoms with Gasteiger partial charge in [-0.25, -0.2) is 14.4 Å². The number of amides is 2. The van der Waals surface area contributed by atoms with E-state index in [1.807, 2.05) is 26.8 Å². The average Bonchev–Trinajstić information content (AvgIpc) is 2.95. The van der Waals surface area contributed by atoms with Crippen LogP contribution in [0.1, 0.15) is 65.7 Å². The van der Waals surface area contributed by atoms with Crippen molar-refractivity contribution in [2.75, 3.05) is 31.3 Å². The van der Waals surface area contributed by atoms with Crippen molar-refractivity contribution >= 4 is 67.2 Å². The van der Waals surface area contributed by atoms with Crippen molar-refractivity contribution in [1.29, 1.82) is 0 Å². The van der Waals surface area contributed by atoms with Crippen molar-refractivity contribution < 1.29 is 33.4 Å². The summed E-state index contributed by atoms with van der Waals surface area (Å²) in [5.41, 5.74) is 7.30. The second-order valence-electron chi connectivity index (χ2n) is 9.43. The van der Waals surface area contributed by atoms with Crippen molar-refractivity contribution in [3.05, 3.63) is 92.4 Å². The Hall–Kier alpha value is -3.90. The summed E-state index contributed by atoms with van der Waals surface area (Å²) in [6.45, 7) is 9.58. The van der Waals surface area contributed by atoms with Gasteiger partial charge in [0.15, 0.2) is 0 Å². The van der Waals surface area contributed by atoms with Gasteiger partial charge in [0, 0.05) is 27.2 Å². The summed E-state index contributed by atoms with van der Waals surface area (Å²) in [6.07, 6.45) is -0.387. The Morgan fingerprint density at radius 3 is 1.79 bits per heavy atom. The summed E-state index contributed by atoms with van der Waals surface area (Å²) in [5.74, 6) is -1.13. The van der Waals surface area contributed by atoms with Crippen molar-refractivity contribution in [2.24, 2.45) is 0 Å². The number of rotatable bonds is 6. The fourth-order valence-corrected chi connectivity index (χ4v) is 3.75. The third-order valence-corrected chi connectivity index (χ3v) is 5.86. The van der Waals surface area contributed by atoms with E-state index in [4.69, 9.17) is 19.9 Å². The highest BCUT2D eigenvalue weighted by molar-refractivity contribution is 9.10. The Kier molecular flexibility index (Phi) is 16.1. The summed E-state index contributed by atoms with van der Waals surface area (Å²) in [7, 11) is 1.54. The van der Waals surface area contributed by atoms with Gasteiger partial charge in [-0.15, -0.1) is 0 Å². The second kappa shape index (κ2) is 18.6. The number of carbonyl (C=O) groups is 4. The van der Waals surface area contributed by atoms with Gasteiger partial charge in [0.2, 0.25) is 0 Å². The maximum absolute atomic E-state index is 12.2. The van der Waals surface area contributed by atoms with E-state index < -0.39 is 5.97 Å². The van der Waals surface area contributed by atoms with Gasteiger partial charge in [0.25, 0.3) is 5.91 Å². The molecule has 0 bridgehead atoms. The lowest BCUT2D eigenvalue weighted by Gasteiger charge is -2.18. The minimum atomic E-state index is -0.470. The molecule has 0 aliphatic rings. The molecule has 3 aromatic rings. The fourth-order valence-electron chi connectivity index (χ4n) is 3.03. The Morgan fingerprint density at radius 1 is 0.791 bits per heavy atom. The first-order valence-electron chi connectivity index (χ1n) is 13.2. The minimum absolute atomic E-state index is 0.275. The molecule has 0 unspecified atom stereocenters. The van der Waals surface area contributed by atoms with Gasteiger partial charge in [-0.3, -0.25) is 4.79 Å². The van der Waals surface area contributed by atoms with E-state index in [2.05, 4.69) is 42.5 Å². The maximum atomic E-state index is 12.2. The molecule has 0 saturated carbocycles. The number of anilines is 2. The molecule has 0 aliphatic carbocycles. The number of nitrogens with one attached hydrogen (secondary N) is 2. The number of nitrogens with two attached hydrogens (primary N) is 1. The zero-order chi connectivity index (χ0) is 32.6. The Morgan fingerprint density at radius 2 is 1.30 bits per heavy atom. The van der Waals surface area contributed by atoms with E-state index in [0.29, 0.717) is 34.7 Å². The molecule has 43 heavy (non-hydrogen) atoms. The van der Waals surface area contributed by atoms with E-state index in [9.17, 15) is 19.2 Å². The third kappa shape index (κ3) is 14.2. The Bertz CT molecular complexity index is 1380. The topological polar surface area (TPSA) is 146 Å². The first-order chi connectivity index (χ1) is 20.2. The molecule has 232 valence electrons. The highest BCUT2D eigenvalue weighted by Gasteiger charge is 2.16. The maximum Gasteiger partial charge on any atom is 0.407 e. The predicted octanol–water partition coefficient (Wildman–Crippen LogP) is 7.23. The smallest absolute Gasteiger partial charge is 0.407 e. The van der Waals surface area contributed by atoms with Gasteiger partial charge in [-0.05, 0) is 83.1 Å². The zero-order valence-electron chi connectivity index (χ0n) is 25.0. The molecule has 3 rings (SSSR count). The van der Waals surface area contributed by atoms with Gasteiger partial charge < -0.3 is 30.6 Å². The van der Waals surface area contributed by atoms with Crippen LogP contribution >= 0.6 is 31.9 Å². The third-order valence-electron chi connectivity index (χ3n) is 4.87. The molecule has 0 spiro atoms. The number of carbonyl (C=O) groups excluding carboxylic acids is 4. The Labute approximate surface area is 268 Å². The number of benzene rings is 3. The average molecular weight is 723 g/mol. The first kappa shape index (κ1) is 37.1. The summed E-state index contributed by atoms with van der Waals surface area (Å²) < 4.78 is 16.2. The van der Waals surface area contributed by atoms with E-state index in [-0.39, 0.29) is 30.2 Å². The summed E-state index contributed by atoms with van der Waals surface area (Å²) in [4.78, 5) is 45.9. The molecule has 0 saturated heterocycles. The lowest BCUT2D eigenvalue weighted by molar-refractivity contribution is 0.0517. The van der Waals surface area contributed by atoms with Gasteiger partial charge >= 0.3 is 18.0 Å². The van der Waals surface area contributed by atoms with Crippen molar-refractivity contribution in [3.8, 4) is 0 Å². The summed E-state index contributed by atoms with van der Waals surface area (Å²) >= 11 is 6.56. The second-order valence-corrected chi connectivity index (χ2v) is 11.3. The minimum Gasteiger partial charge on any atom is -0.462 e. The molecule has 2 amide bonds. The van der Waals surface area contributed by atoms with Crippen molar-refractivity contribution in [3.63, 3.8) is 0 Å². The van der Waals surface area contributed by atoms with Gasteiger partial charge in [0.1, 0.15) is 5.60 Å². The number of nitrogen functional groups attached to an aromatic ring is 1. The number of alkyl carbamates (subject to hydrolysis) is 1. The van der Waals surface area contributed by atoms with Gasteiger partial charge in [-0.2, -0.15) is 0 Å². The molecular formula is C31H37Br2N3O7. The molecule has 0 aromatic heterocycles. The van der Waals surface area contributed by atoms with Crippen LogP contribution in [-0.2, 0) is 14.2 Å². The summed E-state index contributed by atoms with van der Waals surface area (Å²) in [5, 5.41) is 5.09. The Balaban J connectivity index is 0.000000359. The van der Waals surface area contributed by atoms with Crippen LogP contribution in [-0.4, -0.2) is 49.8 Å². The number of hydrogen-bond acceptors (Lipinski definition) is 8. The van der Waals surface area contributed by atoms with E-state index in [1.165, 1.54) is 7.05 Å². The molecule has 4 N–H and O–H groups in total. The van der Waals surface area contributed by atoms with Crippen LogP contribution in [0.2, 0.25) is 0 Å². The molecule has 0 aliphatic heterocycles. The first-order valence-corrected chi connectivity index (χ1v) is 14.8. The van der Waals surface area contributed by atoms with Crippen LogP contribution in [0, 0.1) is 0 Å². The van der Waals surface area contributed by atoms with E-state index in [0.717, 1.165) is 8.95 Å². The SMILES string of the molecule is CCOC(=O)c1cc(Br)ccc1N.CCOC(=O)c1cc(Br)ccc1NC(=O)c1ccccc1.CNC(=O)OC(C)(C)C. The van der Waals surface area contributed by atoms with Gasteiger partial charge in [0.05, 0.1) is 30.0 Å².